The number of nitrogens with one attached hydrogen (secondary N) is 1. The quantitative estimate of drug-likeness (QED) is 0.790. The van der Waals surface area contributed by atoms with Crippen LogP contribution in [0.1, 0.15) is 17.4 Å². The lowest BCUT2D eigenvalue weighted by atomic mass is 10.2. The SMILES string of the molecule is FC(F)(F)c1ccc([C@H]2COCCN2)nn1. The molecule has 1 aliphatic rings. The summed E-state index contributed by atoms with van der Waals surface area (Å²) in [5.41, 5.74) is -0.513. The first-order chi connectivity index (χ1) is 7.57. The van der Waals surface area contributed by atoms with E-state index in [1.54, 1.807) is 0 Å². The molecule has 4 nitrogen and oxygen atoms in total. The van der Waals surface area contributed by atoms with E-state index in [9.17, 15) is 13.2 Å². The van der Waals surface area contributed by atoms with Crippen LogP contribution < -0.4 is 5.32 Å². The summed E-state index contributed by atoms with van der Waals surface area (Å²) < 4.78 is 41.8. The molecule has 1 aromatic heterocycles. The fraction of sp³-hybridized carbons (Fsp3) is 0.556. The van der Waals surface area contributed by atoms with Crippen LogP contribution in [0, 0.1) is 0 Å². The molecule has 0 unspecified atom stereocenters. The molecule has 1 aliphatic heterocycles. The van der Waals surface area contributed by atoms with Crippen molar-refractivity contribution in [2.24, 2.45) is 0 Å². The number of alkyl halides is 3. The van der Waals surface area contributed by atoms with Gasteiger partial charge >= 0.3 is 6.18 Å². The van der Waals surface area contributed by atoms with Gasteiger partial charge < -0.3 is 10.1 Å². The van der Waals surface area contributed by atoms with Crippen LogP contribution in [0.4, 0.5) is 13.2 Å². The van der Waals surface area contributed by atoms with Gasteiger partial charge in [0, 0.05) is 6.54 Å². The van der Waals surface area contributed by atoms with Crippen molar-refractivity contribution in [2.75, 3.05) is 19.8 Å². The predicted molar refractivity (Wildman–Crippen MR) is 48.6 cm³/mol. The zero-order valence-electron chi connectivity index (χ0n) is 8.29. The molecule has 7 heteroatoms. The van der Waals surface area contributed by atoms with Crippen LogP contribution in [0.2, 0.25) is 0 Å². The lowest BCUT2D eigenvalue weighted by Crippen LogP contribution is -2.35. The number of halogens is 3. The Morgan fingerprint density at radius 2 is 2.12 bits per heavy atom. The molecular formula is C9H10F3N3O. The summed E-state index contributed by atoms with van der Waals surface area (Å²) in [5.74, 6) is 0. The van der Waals surface area contributed by atoms with Crippen LogP contribution in [-0.2, 0) is 10.9 Å². The Kier molecular flexibility index (Phi) is 3.06. The maximum Gasteiger partial charge on any atom is 0.435 e. The molecule has 1 fully saturated rings. The first-order valence-corrected chi connectivity index (χ1v) is 4.79. The van der Waals surface area contributed by atoms with Crippen LogP contribution >= 0.6 is 0 Å². The van der Waals surface area contributed by atoms with E-state index in [1.165, 1.54) is 6.07 Å². The topological polar surface area (TPSA) is 47.0 Å². The second-order valence-corrected chi connectivity index (χ2v) is 3.42. The molecule has 16 heavy (non-hydrogen) atoms. The van der Waals surface area contributed by atoms with Gasteiger partial charge in [-0.3, -0.25) is 0 Å². The summed E-state index contributed by atoms with van der Waals surface area (Å²) in [7, 11) is 0. The maximum atomic E-state index is 12.2. The summed E-state index contributed by atoms with van der Waals surface area (Å²) >= 11 is 0. The number of morpholine rings is 1. The molecule has 88 valence electrons. The number of aromatic nitrogens is 2. The first kappa shape index (κ1) is 11.3. The van der Waals surface area contributed by atoms with Gasteiger partial charge in [-0.05, 0) is 12.1 Å². The highest BCUT2D eigenvalue weighted by Crippen LogP contribution is 2.27. The second-order valence-electron chi connectivity index (χ2n) is 3.42. The Labute approximate surface area is 89.8 Å². The maximum absolute atomic E-state index is 12.2. The van der Waals surface area contributed by atoms with Gasteiger partial charge in [-0.15, -0.1) is 5.10 Å². The third-order valence-electron chi connectivity index (χ3n) is 2.25. The highest BCUT2D eigenvalue weighted by atomic mass is 19.4. The Balaban J connectivity index is 2.12. The summed E-state index contributed by atoms with van der Waals surface area (Å²) in [6, 6.07) is 2.07. The average molecular weight is 233 g/mol. The van der Waals surface area contributed by atoms with Crippen LogP contribution in [0.5, 0.6) is 0 Å². The minimum Gasteiger partial charge on any atom is -0.378 e. The van der Waals surface area contributed by atoms with E-state index in [-0.39, 0.29) is 6.04 Å². The van der Waals surface area contributed by atoms with E-state index >= 15 is 0 Å². The standard InChI is InChI=1S/C9H10F3N3O/c10-9(11,12)8-2-1-6(14-15-8)7-5-16-4-3-13-7/h1-2,7,13H,3-5H2/t7-/m1/s1. The molecular weight excluding hydrogens is 223 g/mol. The first-order valence-electron chi connectivity index (χ1n) is 4.79. The molecule has 2 rings (SSSR count). The smallest absolute Gasteiger partial charge is 0.378 e. The van der Waals surface area contributed by atoms with Gasteiger partial charge in [-0.2, -0.15) is 18.3 Å². The molecule has 0 aliphatic carbocycles. The number of rotatable bonds is 1. The molecule has 0 aromatic carbocycles. The number of ether oxygens (including phenoxy) is 1. The summed E-state index contributed by atoms with van der Waals surface area (Å²) in [5, 5.41) is 9.80. The van der Waals surface area contributed by atoms with Gasteiger partial charge in [0.1, 0.15) is 0 Å². The second kappa shape index (κ2) is 4.34. The van der Waals surface area contributed by atoms with Crippen molar-refractivity contribution >= 4 is 0 Å². The van der Waals surface area contributed by atoms with E-state index < -0.39 is 11.9 Å². The molecule has 0 saturated carbocycles. The van der Waals surface area contributed by atoms with E-state index in [0.29, 0.717) is 25.5 Å². The molecule has 2 heterocycles. The summed E-state index contributed by atoms with van der Waals surface area (Å²) in [4.78, 5) is 0. The van der Waals surface area contributed by atoms with Crippen LogP contribution in [0.15, 0.2) is 12.1 Å². The van der Waals surface area contributed by atoms with Crippen molar-refractivity contribution in [2.45, 2.75) is 12.2 Å². The highest BCUT2D eigenvalue weighted by molar-refractivity contribution is 5.12. The van der Waals surface area contributed by atoms with Crippen molar-refractivity contribution in [3.8, 4) is 0 Å². The molecule has 1 N–H and O–H groups in total. The zero-order chi connectivity index (χ0) is 11.6. The molecule has 0 bridgehead atoms. The minimum atomic E-state index is -4.44. The summed E-state index contributed by atoms with van der Waals surface area (Å²) in [6.45, 7) is 1.66. The summed E-state index contributed by atoms with van der Waals surface area (Å²) in [6.07, 6.45) is -4.44. The van der Waals surface area contributed by atoms with Gasteiger partial charge in [0.05, 0.1) is 24.9 Å². The minimum absolute atomic E-state index is 0.177. The van der Waals surface area contributed by atoms with Gasteiger partial charge in [-0.1, -0.05) is 0 Å². The van der Waals surface area contributed by atoms with Crippen molar-refractivity contribution in [1.82, 2.24) is 15.5 Å². The number of nitrogens with zero attached hydrogens (tertiary/aromatic N) is 2. The third-order valence-corrected chi connectivity index (χ3v) is 2.25. The monoisotopic (exact) mass is 233 g/mol. The van der Waals surface area contributed by atoms with Gasteiger partial charge in [0.15, 0.2) is 5.69 Å². The molecule has 0 spiro atoms. The fourth-order valence-electron chi connectivity index (χ4n) is 1.44. The van der Waals surface area contributed by atoms with E-state index in [0.717, 1.165) is 6.07 Å². The lowest BCUT2D eigenvalue weighted by molar-refractivity contribution is -0.141. The van der Waals surface area contributed by atoms with Crippen molar-refractivity contribution in [3.05, 3.63) is 23.5 Å². The average Bonchev–Trinajstić information content (AvgIpc) is 2.29. The van der Waals surface area contributed by atoms with Gasteiger partial charge in [-0.25, -0.2) is 0 Å². The predicted octanol–water partition coefficient (Wildman–Crippen LogP) is 1.16. The molecule has 1 saturated heterocycles. The van der Waals surface area contributed by atoms with Crippen LogP contribution in [-0.4, -0.2) is 30.0 Å². The van der Waals surface area contributed by atoms with E-state index in [2.05, 4.69) is 15.5 Å². The normalized spacial score (nSPS) is 22.1. The van der Waals surface area contributed by atoms with E-state index in [1.807, 2.05) is 0 Å². The van der Waals surface area contributed by atoms with Crippen molar-refractivity contribution in [3.63, 3.8) is 0 Å². The van der Waals surface area contributed by atoms with Gasteiger partial charge in [0.2, 0.25) is 0 Å². The van der Waals surface area contributed by atoms with E-state index in [4.69, 9.17) is 4.74 Å². The fourth-order valence-corrected chi connectivity index (χ4v) is 1.44. The van der Waals surface area contributed by atoms with Gasteiger partial charge in [0.25, 0.3) is 0 Å². The molecule has 0 amide bonds. The molecule has 0 radical (unpaired) electrons. The Morgan fingerprint density at radius 1 is 1.31 bits per heavy atom. The number of hydrogen-bond acceptors (Lipinski definition) is 4. The van der Waals surface area contributed by atoms with Crippen LogP contribution in [0.3, 0.4) is 0 Å². The van der Waals surface area contributed by atoms with Crippen LogP contribution in [0.25, 0.3) is 0 Å². The zero-order valence-corrected chi connectivity index (χ0v) is 8.29. The van der Waals surface area contributed by atoms with Crippen molar-refractivity contribution < 1.29 is 17.9 Å². The lowest BCUT2D eigenvalue weighted by Gasteiger charge is -2.22. The molecule has 1 aromatic rings. The Morgan fingerprint density at radius 3 is 2.62 bits per heavy atom. The highest BCUT2D eigenvalue weighted by Gasteiger charge is 2.33. The van der Waals surface area contributed by atoms with Crippen molar-refractivity contribution in [1.29, 1.82) is 0 Å². The third kappa shape index (κ3) is 2.48. The molecule has 1 atom stereocenters. The largest absolute Gasteiger partial charge is 0.435 e. The Bertz CT molecular complexity index is 346. The Hall–Kier alpha value is -1.21. The number of hydrogen-bond donors (Lipinski definition) is 1.